The fourth-order valence-electron chi connectivity index (χ4n) is 3.21. The van der Waals surface area contributed by atoms with E-state index in [0.717, 1.165) is 48.6 Å². The van der Waals surface area contributed by atoms with Gasteiger partial charge < -0.3 is 14.4 Å². The lowest BCUT2D eigenvalue weighted by Crippen LogP contribution is -2.44. The molecule has 5 heteroatoms. The summed E-state index contributed by atoms with van der Waals surface area (Å²) in [5, 5.41) is 0. The van der Waals surface area contributed by atoms with Gasteiger partial charge in [-0.15, -0.1) is 11.8 Å². The Labute approximate surface area is 142 Å². The molecule has 0 saturated carbocycles. The van der Waals surface area contributed by atoms with E-state index in [1.54, 1.807) is 11.8 Å². The highest BCUT2D eigenvalue weighted by Crippen LogP contribution is 2.34. The van der Waals surface area contributed by atoms with Crippen molar-refractivity contribution >= 4 is 17.7 Å². The van der Waals surface area contributed by atoms with Gasteiger partial charge in [0.05, 0.1) is 19.0 Å². The molecule has 2 aliphatic heterocycles. The summed E-state index contributed by atoms with van der Waals surface area (Å²) in [7, 11) is 0. The van der Waals surface area contributed by atoms with E-state index in [9.17, 15) is 4.79 Å². The highest BCUT2D eigenvalue weighted by molar-refractivity contribution is 8.00. The van der Waals surface area contributed by atoms with E-state index in [1.165, 1.54) is 6.42 Å². The highest BCUT2D eigenvalue weighted by Gasteiger charge is 2.25. The molecule has 4 nitrogen and oxygen atoms in total. The van der Waals surface area contributed by atoms with Crippen molar-refractivity contribution in [2.45, 2.75) is 50.0 Å². The number of carbonyl (C=O) groups is 1. The molecule has 1 amide bonds. The molecule has 126 valence electrons. The number of hydrogen-bond donors (Lipinski definition) is 0. The molecule has 0 N–H and O–H groups in total. The van der Waals surface area contributed by atoms with E-state index in [0.29, 0.717) is 25.0 Å². The predicted octanol–water partition coefficient (Wildman–Crippen LogP) is 3.73. The average Bonchev–Trinajstić information content (AvgIpc) is 2.84. The third-order valence-electron chi connectivity index (χ3n) is 4.50. The molecule has 1 fully saturated rings. The summed E-state index contributed by atoms with van der Waals surface area (Å²) in [5.41, 5.74) is 0. The van der Waals surface area contributed by atoms with Gasteiger partial charge >= 0.3 is 0 Å². The minimum absolute atomic E-state index is 0.258. The monoisotopic (exact) mass is 335 g/mol. The van der Waals surface area contributed by atoms with Crippen LogP contribution in [-0.2, 0) is 4.79 Å². The van der Waals surface area contributed by atoms with Gasteiger partial charge in [-0.25, -0.2) is 0 Å². The van der Waals surface area contributed by atoms with Crippen LogP contribution < -0.4 is 9.47 Å². The van der Waals surface area contributed by atoms with Crippen molar-refractivity contribution in [2.75, 3.05) is 25.5 Å². The van der Waals surface area contributed by atoms with Crippen LogP contribution in [0.25, 0.3) is 0 Å². The van der Waals surface area contributed by atoms with Gasteiger partial charge in [0.25, 0.3) is 0 Å². The minimum Gasteiger partial charge on any atom is -0.490 e. The van der Waals surface area contributed by atoms with Crippen LogP contribution in [0.1, 0.15) is 39.0 Å². The van der Waals surface area contributed by atoms with Crippen LogP contribution in [0, 0.1) is 0 Å². The molecular weight excluding hydrogens is 310 g/mol. The molecule has 1 unspecified atom stereocenters. The van der Waals surface area contributed by atoms with Crippen molar-refractivity contribution in [2.24, 2.45) is 0 Å². The second-order valence-corrected chi connectivity index (χ2v) is 7.14. The second kappa shape index (κ2) is 7.95. The average molecular weight is 335 g/mol. The number of likely N-dealkylation sites (tertiary alicyclic amines) is 1. The number of carbonyl (C=O) groups excluding carboxylic acids is 1. The van der Waals surface area contributed by atoms with Gasteiger partial charge in [-0.2, -0.15) is 0 Å². The zero-order valence-electron chi connectivity index (χ0n) is 13.8. The molecule has 1 saturated heterocycles. The van der Waals surface area contributed by atoms with Gasteiger partial charge in [0.15, 0.2) is 11.5 Å². The summed E-state index contributed by atoms with van der Waals surface area (Å²) in [5.74, 6) is 2.36. The molecule has 23 heavy (non-hydrogen) atoms. The maximum atomic E-state index is 12.5. The molecule has 0 bridgehead atoms. The largest absolute Gasteiger partial charge is 0.490 e. The summed E-state index contributed by atoms with van der Waals surface area (Å²) < 4.78 is 11.4. The lowest BCUT2D eigenvalue weighted by atomic mass is 10.0. The SMILES string of the molecule is CCC1CCCCN1C(=O)CSc1ccc2c(c1)OCCCO2. The Hall–Kier alpha value is -1.36. The van der Waals surface area contributed by atoms with Crippen LogP contribution in [0.15, 0.2) is 23.1 Å². The number of hydrogen-bond acceptors (Lipinski definition) is 4. The molecule has 0 radical (unpaired) electrons. The molecule has 0 aromatic heterocycles. The Morgan fingerprint density at radius 2 is 2.04 bits per heavy atom. The molecule has 0 aliphatic carbocycles. The topological polar surface area (TPSA) is 38.8 Å². The first-order chi connectivity index (χ1) is 11.3. The number of benzene rings is 1. The Morgan fingerprint density at radius 3 is 2.87 bits per heavy atom. The molecule has 1 aromatic carbocycles. The first kappa shape index (κ1) is 16.5. The Balaban J connectivity index is 1.59. The van der Waals surface area contributed by atoms with Crippen molar-refractivity contribution in [3.8, 4) is 11.5 Å². The van der Waals surface area contributed by atoms with Gasteiger partial charge in [-0.1, -0.05) is 6.92 Å². The number of thioether (sulfide) groups is 1. The summed E-state index contributed by atoms with van der Waals surface area (Å²) >= 11 is 1.59. The maximum Gasteiger partial charge on any atom is 0.233 e. The third-order valence-corrected chi connectivity index (χ3v) is 5.48. The van der Waals surface area contributed by atoms with Crippen LogP contribution in [-0.4, -0.2) is 42.4 Å². The summed E-state index contributed by atoms with van der Waals surface area (Å²) in [6.07, 6.45) is 5.49. The maximum absolute atomic E-state index is 12.5. The fraction of sp³-hybridized carbons (Fsp3) is 0.611. The number of ether oxygens (including phenoxy) is 2. The quantitative estimate of drug-likeness (QED) is 0.786. The van der Waals surface area contributed by atoms with Crippen molar-refractivity contribution in [3.05, 3.63) is 18.2 Å². The highest BCUT2D eigenvalue weighted by atomic mass is 32.2. The van der Waals surface area contributed by atoms with E-state index >= 15 is 0 Å². The van der Waals surface area contributed by atoms with Gasteiger partial charge in [0, 0.05) is 23.9 Å². The van der Waals surface area contributed by atoms with Crippen molar-refractivity contribution in [1.82, 2.24) is 4.90 Å². The number of amides is 1. The molecule has 2 heterocycles. The van der Waals surface area contributed by atoms with E-state index in [1.807, 2.05) is 18.2 Å². The molecule has 2 aliphatic rings. The molecule has 3 rings (SSSR count). The van der Waals surface area contributed by atoms with Crippen LogP contribution in [0.5, 0.6) is 11.5 Å². The van der Waals surface area contributed by atoms with E-state index in [2.05, 4.69) is 11.8 Å². The zero-order chi connectivity index (χ0) is 16.1. The van der Waals surface area contributed by atoms with Crippen molar-refractivity contribution in [1.29, 1.82) is 0 Å². The third kappa shape index (κ3) is 4.14. The lowest BCUT2D eigenvalue weighted by molar-refractivity contribution is -0.132. The standard InChI is InChI=1S/C18H25NO3S/c1-2-14-6-3-4-9-19(14)18(20)13-23-15-7-8-16-17(12-15)22-11-5-10-21-16/h7-8,12,14H,2-6,9-11,13H2,1H3. The normalized spacial score (nSPS) is 20.9. The first-order valence-corrected chi connectivity index (χ1v) is 9.58. The molecule has 1 atom stereocenters. The van der Waals surface area contributed by atoms with E-state index < -0.39 is 0 Å². The molecule has 1 aromatic rings. The molecular formula is C18H25NO3S. The fourth-order valence-corrected chi connectivity index (χ4v) is 4.03. The number of nitrogens with zero attached hydrogens (tertiary/aromatic N) is 1. The lowest BCUT2D eigenvalue weighted by Gasteiger charge is -2.35. The minimum atomic E-state index is 0.258. The van der Waals surface area contributed by atoms with Crippen LogP contribution >= 0.6 is 11.8 Å². The Kier molecular flexibility index (Phi) is 5.70. The number of piperidine rings is 1. The summed E-state index contributed by atoms with van der Waals surface area (Å²) in [6.45, 7) is 4.48. The van der Waals surface area contributed by atoms with Gasteiger partial charge in [-0.05, 0) is 43.9 Å². The van der Waals surface area contributed by atoms with E-state index in [4.69, 9.17) is 9.47 Å². The van der Waals surface area contributed by atoms with Gasteiger partial charge in [0.2, 0.25) is 5.91 Å². The first-order valence-electron chi connectivity index (χ1n) is 8.60. The summed E-state index contributed by atoms with van der Waals surface area (Å²) in [6, 6.07) is 6.38. The van der Waals surface area contributed by atoms with Gasteiger partial charge in [-0.3, -0.25) is 4.79 Å². The van der Waals surface area contributed by atoms with Gasteiger partial charge in [0.1, 0.15) is 0 Å². The smallest absolute Gasteiger partial charge is 0.233 e. The van der Waals surface area contributed by atoms with Crippen LogP contribution in [0.4, 0.5) is 0 Å². The van der Waals surface area contributed by atoms with Crippen molar-refractivity contribution in [3.63, 3.8) is 0 Å². The Bertz CT molecular complexity index is 549. The van der Waals surface area contributed by atoms with Crippen molar-refractivity contribution < 1.29 is 14.3 Å². The van der Waals surface area contributed by atoms with E-state index in [-0.39, 0.29) is 5.91 Å². The Morgan fingerprint density at radius 1 is 1.22 bits per heavy atom. The number of fused-ring (bicyclic) bond motifs is 1. The summed E-state index contributed by atoms with van der Waals surface area (Å²) in [4.78, 5) is 15.7. The predicted molar refractivity (Wildman–Crippen MR) is 92.4 cm³/mol. The second-order valence-electron chi connectivity index (χ2n) is 6.09. The zero-order valence-corrected chi connectivity index (χ0v) is 14.6. The number of rotatable bonds is 4. The van der Waals surface area contributed by atoms with Crippen LogP contribution in [0.2, 0.25) is 0 Å². The van der Waals surface area contributed by atoms with Crippen LogP contribution in [0.3, 0.4) is 0 Å². The molecule has 0 spiro atoms.